The molecule has 1 aromatic heterocycles. The number of carbonyl (C=O) groups is 3. The van der Waals surface area contributed by atoms with Crippen molar-refractivity contribution in [2.75, 3.05) is 5.32 Å². The highest BCUT2D eigenvalue weighted by atomic mass is 35.5. The summed E-state index contributed by atoms with van der Waals surface area (Å²) in [5, 5.41) is 9.67. The van der Waals surface area contributed by atoms with Crippen LogP contribution < -0.4 is 10.6 Å². The van der Waals surface area contributed by atoms with E-state index in [0.29, 0.717) is 16.3 Å². The van der Waals surface area contributed by atoms with Gasteiger partial charge in [0.15, 0.2) is 5.82 Å². The Bertz CT molecular complexity index is 1000. The van der Waals surface area contributed by atoms with Gasteiger partial charge in [-0.05, 0) is 54.5 Å². The third-order valence-electron chi connectivity index (χ3n) is 4.66. The molecule has 1 aromatic carbocycles. The molecule has 0 aliphatic heterocycles. The van der Waals surface area contributed by atoms with Crippen molar-refractivity contribution >= 4 is 35.1 Å². The van der Waals surface area contributed by atoms with Crippen LogP contribution in [0.2, 0.25) is 5.02 Å². The van der Waals surface area contributed by atoms with Gasteiger partial charge >= 0.3 is 0 Å². The molecule has 0 bridgehead atoms. The van der Waals surface area contributed by atoms with Gasteiger partial charge < -0.3 is 20.1 Å². The Morgan fingerprint density at radius 2 is 1.73 bits per heavy atom. The number of hydrogen-bond donors (Lipinski definition) is 2. The van der Waals surface area contributed by atoms with Crippen molar-refractivity contribution < 1.29 is 18.9 Å². The molecule has 33 heavy (non-hydrogen) atoms. The summed E-state index contributed by atoms with van der Waals surface area (Å²) in [6, 6.07) is 7.59. The average Bonchev–Trinajstić information content (AvgIpc) is 3.07. The van der Waals surface area contributed by atoms with Crippen LogP contribution in [-0.4, -0.2) is 38.9 Å². The summed E-state index contributed by atoms with van der Waals surface area (Å²) in [5.41, 5.74) is -0.721. The molecule has 1 atom stereocenters. The van der Waals surface area contributed by atoms with Crippen molar-refractivity contribution in [1.82, 2.24) is 15.4 Å². The van der Waals surface area contributed by atoms with Gasteiger partial charge in [0.05, 0.1) is 0 Å². The number of aryl methyl sites for hydroxylation is 1. The predicted octanol–water partition coefficient (Wildman–Crippen LogP) is 4.64. The summed E-state index contributed by atoms with van der Waals surface area (Å²) in [5.74, 6) is -0.216. The quantitative estimate of drug-likeness (QED) is 0.605. The first-order valence-corrected chi connectivity index (χ1v) is 11.2. The third-order valence-corrected chi connectivity index (χ3v) is 5.00. The minimum atomic E-state index is -0.966. The Hall–Kier alpha value is -2.87. The van der Waals surface area contributed by atoms with Crippen LogP contribution in [0.1, 0.15) is 71.7 Å². The zero-order valence-corrected chi connectivity index (χ0v) is 21.0. The lowest BCUT2D eigenvalue weighted by atomic mass is 9.95. The highest BCUT2D eigenvalue weighted by Gasteiger charge is 2.40. The molecule has 180 valence electrons. The van der Waals surface area contributed by atoms with Gasteiger partial charge in [-0.1, -0.05) is 35.0 Å². The number of anilines is 1. The molecule has 8 nitrogen and oxygen atoms in total. The summed E-state index contributed by atoms with van der Waals surface area (Å²) < 4.78 is 4.93. The van der Waals surface area contributed by atoms with Gasteiger partial charge in [0.1, 0.15) is 11.8 Å². The topological polar surface area (TPSA) is 105 Å². The zero-order valence-electron chi connectivity index (χ0n) is 20.3. The van der Waals surface area contributed by atoms with Crippen molar-refractivity contribution in [2.24, 2.45) is 0 Å². The molecule has 3 amide bonds. The van der Waals surface area contributed by atoms with E-state index >= 15 is 0 Å². The highest BCUT2D eigenvalue weighted by molar-refractivity contribution is 6.31. The lowest BCUT2D eigenvalue weighted by Gasteiger charge is -2.42. The standard InChI is InChI=1S/C24H33ClN4O4/c1-15-14-18(28-33-15)26-19(30)12-13-20(31)29(24(5,6)7)21(22(32)27-23(2,3)4)16-10-8-9-11-17(16)25/h8-11,14,21H,12-13H2,1-7H3,(H,27,32)(H,26,28,30)/t21-/m1/s1. The van der Waals surface area contributed by atoms with Crippen LogP contribution in [-0.2, 0) is 14.4 Å². The largest absolute Gasteiger partial charge is 0.360 e. The van der Waals surface area contributed by atoms with Crippen molar-refractivity contribution in [3.63, 3.8) is 0 Å². The molecule has 0 saturated heterocycles. The second-order valence-electron chi connectivity index (χ2n) is 9.97. The molecular weight excluding hydrogens is 444 g/mol. The first-order chi connectivity index (χ1) is 15.2. The lowest BCUT2D eigenvalue weighted by molar-refractivity contribution is -0.147. The van der Waals surface area contributed by atoms with Crippen molar-refractivity contribution in [2.45, 2.75) is 78.4 Å². The fraction of sp³-hybridized carbons (Fsp3) is 0.500. The zero-order chi connectivity index (χ0) is 25.0. The Labute approximate surface area is 200 Å². The van der Waals surface area contributed by atoms with Gasteiger partial charge in [-0.3, -0.25) is 14.4 Å². The number of benzene rings is 1. The normalized spacial score (nSPS) is 12.7. The van der Waals surface area contributed by atoms with Crippen molar-refractivity contribution in [1.29, 1.82) is 0 Å². The van der Waals surface area contributed by atoms with Gasteiger partial charge in [-0.2, -0.15) is 0 Å². The maximum absolute atomic E-state index is 13.4. The number of amides is 3. The number of halogens is 1. The van der Waals surface area contributed by atoms with Gasteiger partial charge in [0, 0.05) is 40.6 Å². The van der Waals surface area contributed by atoms with Gasteiger partial charge in [-0.25, -0.2) is 0 Å². The summed E-state index contributed by atoms with van der Waals surface area (Å²) in [4.78, 5) is 40.7. The second kappa shape index (κ2) is 10.4. The van der Waals surface area contributed by atoms with E-state index in [0.717, 1.165) is 0 Å². The summed E-state index contributed by atoms with van der Waals surface area (Å²) in [7, 11) is 0. The van der Waals surface area contributed by atoms with Crippen molar-refractivity contribution in [3.8, 4) is 0 Å². The third kappa shape index (κ3) is 7.60. The van der Waals surface area contributed by atoms with E-state index in [2.05, 4.69) is 15.8 Å². The Morgan fingerprint density at radius 3 is 2.24 bits per heavy atom. The maximum Gasteiger partial charge on any atom is 0.247 e. The minimum Gasteiger partial charge on any atom is -0.360 e. The average molecular weight is 477 g/mol. The predicted molar refractivity (Wildman–Crippen MR) is 128 cm³/mol. The second-order valence-corrected chi connectivity index (χ2v) is 10.4. The maximum atomic E-state index is 13.4. The van der Waals surface area contributed by atoms with Crippen LogP contribution >= 0.6 is 11.6 Å². The molecular formula is C24H33ClN4O4. The molecule has 2 rings (SSSR count). The number of nitrogens with one attached hydrogen (secondary N) is 2. The highest BCUT2D eigenvalue weighted by Crippen LogP contribution is 2.34. The summed E-state index contributed by atoms with van der Waals surface area (Å²) in [6.45, 7) is 12.9. The van der Waals surface area contributed by atoms with E-state index < -0.39 is 17.1 Å². The summed E-state index contributed by atoms with van der Waals surface area (Å²) in [6.07, 6.45) is -0.170. The van der Waals surface area contributed by atoms with Crippen LogP contribution in [0.5, 0.6) is 0 Å². The first-order valence-electron chi connectivity index (χ1n) is 10.8. The molecule has 9 heteroatoms. The Morgan fingerprint density at radius 1 is 1.09 bits per heavy atom. The Kier molecular flexibility index (Phi) is 8.30. The van der Waals surface area contributed by atoms with Gasteiger partial charge in [0.25, 0.3) is 0 Å². The molecule has 2 aromatic rings. The van der Waals surface area contributed by atoms with E-state index in [1.165, 1.54) is 4.90 Å². The molecule has 0 fully saturated rings. The van der Waals surface area contributed by atoms with E-state index in [-0.39, 0.29) is 36.4 Å². The smallest absolute Gasteiger partial charge is 0.247 e. The Balaban J connectivity index is 2.32. The first kappa shape index (κ1) is 26.4. The molecule has 0 spiro atoms. The van der Waals surface area contributed by atoms with E-state index in [9.17, 15) is 14.4 Å². The molecule has 0 unspecified atom stereocenters. The fourth-order valence-corrected chi connectivity index (χ4v) is 3.65. The monoisotopic (exact) mass is 476 g/mol. The van der Waals surface area contributed by atoms with Crippen LogP contribution in [0.3, 0.4) is 0 Å². The SMILES string of the molecule is Cc1cc(NC(=O)CCC(=O)N([C@@H](C(=O)NC(C)(C)C)c2ccccc2Cl)C(C)(C)C)no1. The number of hydrogen-bond acceptors (Lipinski definition) is 5. The number of aromatic nitrogens is 1. The van der Waals surface area contributed by atoms with Crippen molar-refractivity contribution in [3.05, 3.63) is 46.7 Å². The molecule has 1 heterocycles. The van der Waals surface area contributed by atoms with Crippen LogP contribution in [0.4, 0.5) is 5.82 Å². The lowest BCUT2D eigenvalue weighted by Crippen LogP contribution is -2.55. The summed E-state index contributed by atoms with van der Waals surface area (Å²) >= 11 is 6.46. The molecule has 0 saturated carbocycles. The number of nitrogens with zero attached hydrogens (tertiary/aromatic N) is 2. The van der Waals surface area contributed by atoms with E-state index in [4.69, 9.17) is 16.1 Å². The van der Waals surface area contributed by atoms with E-state index in [1.807, 2.05) is 41.5 Å². The van der Waals surface area contributed by atoms with Crippen LogP contribution in [0.25, 0.3) is 0 Å². The van der Waals surface area contributed by atoms with Crippen LogP contribution in [0.15, 0.2) is 34.9 Å². The van der Waals surface area contributed by atoms with Gasteiger partial charge in [-0.15, -0.1) is 0 Å². The van der Waals surface area contributed by atoms with E-state index in [1.54, 1.807) is 37.3 Å². The molecule has 0 radical (unpaired) electrons. The van der Waals surface area contributed by atoms with Gasteiger partial charge in [0.2, 0.25) is 17.7 Å². The van der Waals surface area contributed by atoms with Crippen LogP contribution in [0, 0.1) is 6.92 Å². The number of rotatable bonds is 7. The molecule has 2 N–H and O–H groups in total. The minimum absolute atomic E-state index is 0.0759. The number of carbonyl (C=O) groups excluding carboxylic acids is 3. The fourth-order valence-electron chi connectivity index (χ4n) is 3.41. The molecule has 0 aliphatic rings. The molecule has 0 aliphatic carbocycles.